The largest absolute Gasteiger partial charge is 0.479 e. The van der Waals surface area contributed by atoms with Gasteiger partial charge in [0, 0.05) is 17.4 Å². The van der Waals surface area contributed by atoms with Crippen LogP contribution < -0.4 is 5.32 Å². The smallest absolute Gasteiger partial charge is 0.408 e. The highest BCUT2D eigenvalue weighted by Gasteiger charge is 2.47. The van der Waals surface area contributed by atoms with Gasteiger partial charge in [-0.05, 0) is 22.3 Å². The summed E-state index contributed by atoms with van der Waals surface area (Å²) in [6.07, 6.45) is -0.676. The number of hydrogen-bond donors (Lipinski definition) is 2. The first-order chi connectivity index (χ1) is 12.1. The highest BCUT2D eigenvalue weighted by atomic mass is 32.2. The van der Waals surface area contributed by atoms with Gasteiger partial charge in [-0.1, -0.05) is 48.5 Å². The monoisotopic (exact) mass is 355 g/mol. The quantitative estimate of drug-likeness (QED) is 0.881. The minimum absolute atomic E-state index is 0.0327. The standard InChI is InChI=1S/C19H17NO4S/c21-17(22)19(10-25-11-19)20-18(23)24-9-16-14-7-3-1-5-12(14)13-6-2-4-8-15(13)16/h1-8,16H,9-11H2,(H,20,23)(H,21,22). The van der Waals surface area contributed by atoms with Crippen LogP contribution in [0.4, 0.5) is 4.79 Å². The van der Waals surface area contributed by atoms with E-state index in [1.165, 1.54) is 11.8 Å². The number of benzene rings is 2. The Labute approximate surface area is 149 Å². The summed E-state index contributed by atoms with van der Waals surface area (Å²) in [6.45, 7) is 0.183. The maximum atomic E-state index is 12.1. The van der Waals surface area contributed by atoms with E-state index in [-0.39, 0.29) is 12.5 Å². The number of fused-ring (bicyclic) bond motifs is 3. The van der Waals surface area contributed by atoms with Gasteiger partial charge in [0.05, 0.1) is 0 Å². The van der Waals surface area contributed by atoms with Crippen LogP contribution in [0.1, 0.15) is 17.0 Å². The highest BCUT2D eigenvalue weighted by Crippen LogP contribution is 2.44. The molecule has 0 spiro atoms. The van der Waals surface area contributed by atoms with E-state index in [9.17, 15) is 14.7 Å². The van der Waals surface area contributed by atoms with Crippen molar-refractivity contribution in [3.05, 3.63) is 59.7 Å². The maximum absolute atomic E-state index is 12.1. The van der Waals surface area contributed by atoms with Gasteiger partial charge < -0.3 is 15.2 Å². The van der Waals surface area contributed by atoms with Gasteiger partial charge in [-0.25, -0.2) is 9.59 Å². The van der Waals surface area contributed by atoms with Crippen LogP contribution in [-0.2, 0) is 9.53 Å². The van der Waals surface area contributed by atoms with E-state index in [0.717, 1.165) is 22.3 Å². The molecular formula is C19H17NO4S. The second kappa shape index (κ2) is 6.11. The minimum Gasteiger partial charge on any atom is -0.479 e. The summed E-state index contributed by atoms with van der Waals surface area (Å²) in [6, 6.07) is 16.2. The summed E-state index contributed by atoms with van der Waals surface area (Å²) >= 11 is 1.49. The average molecular weight is 355 g/mol. The summed E-state index contributed by atoms with van der Waals surface area (Å²) in [5.74, 6) is -0.312. The summed E-state index contributed by atoms with van der Waals surface area (Å²) in [4.78, 5) is 23.5. The first-order valence-electron chi connectivity index (χ1n) is 8.05. The number of amides is 1. The third-order valence-electron chi connectivity index (χ3n) is 4.79. The molecule has 2 aliphatic rings. The molecule has 25 heavy (non-hydrogen) atoms. The molecule has 0 saturated carbocycles. The van der Waals surface area contributed by atoms with Crippen LogP contribution in [0.2, 0.25) is 0 Å². The van der Waals surface area contributed by atoms with Crippen LogP contribution >= 0.6 is 11.8 Å². The molecule has 0 aromatic heterocycles. The average Bonchev–Trinajstić information content (AvgIpc) is 2.90. The Kier molecular flexibility index (Phi) is 3.92. The van der Waals surface area contributed by atoms with E-state index in [1.807, 2.05) is 36.4 Å². The zero-order valence-corrected chi connectivity index (χ0v) is 14.2. The second-order valence-corrected chi connectivity index (χ2v) is 7.32. The van der Waals surface area contributed by atoms with Gasteiger partial charge in [0.2, 0.25) is 0 Å². The van der Waals surface area contributed by atoms with Gasteiger partial charge in [0.1, 0.15) is 6.61 Å². The lowest BCUT2D eigenvalue weighted by Crippen LogP contribution is -2.63. The Balaban J connectivity index is 1.50. The molecule has 4 rings (SSSR count). The van der Waals surface area contributed by atoms with E-state index in [2.05, 4.69) is 17.4 Å². The lowest BCUT2D eigenvalue weighted by atomic mass is 9.98. The van der Waals surface area contributed by atoms with E-state index >= 15 is 0 Å². The molecule has 6 heteroatoms. The van der Waals surface area contributed by atoms with Crippen molar-refractivity contribution in [3.8, 4) is 11.1 Å². The predicted octanol–water partition coefficient (Wildman–Crippen LogP) is 3.10. The van der Waals surface area contributed by atoms with E-state index in [1.54, 1.807) is 0 Å². The van der Waals surface area contributed by atoms with Crippen molar-refractivity contribution in [3.63, 3.8) is 0 Å². The lowest BCUT2D eigenvalue weighted by Gasteiger charge is -2.37. The molecule has 128 valence electrons. The maximum Gasteiger partial charge on any atom is 0.408 e. The molecule has 1 aliphatic carbocycles. The molecule has 1 heterocycles. The van der Waals surface area contributed by atoms with Crippen LogP contribution in [0, 0.1) is 0 Å². The molecule has 1 fully saturated rings. The number of carbonyl (C=O) groups excluding carboxylic acids is 1. The normalized spacial score (nSPS) is 17.1. The molecule has 2 aromatic carbocycles. The van der Waals surface area contributed by atoms with E-state index in [4.69, 9.17) is 4.74 Å². The minimum atomic E-state index is -1.19. The Morgan fingerprint density at radius 2 is 1.64 bits per heavy atom. The Morgan fingerprint density at radius 1 is 1.08 bits per heavy atom. The fourth-order valence-corrected chi connectivity index (χ4v) is 4.39. The third kappa shape index (κ3) is 2.66. The lowest BCUT2D eigenvalue weighted by molar-refractivity contribution is -0.143. The number of hydrogen-bond acceptors (Lipinski definition) is 4. The van der Waals surface area contributed by atoms with Crippen molar-refractivity contribution >= 4 is 23.8 Å². The fourth-order valence-electron chi connectivity index (χ4n) is 3.39. The van der Waals surface area contributed by atoms with Crippen molar-refractivity contribution in [1.29, 1.82) is 0 Å². The highest BCUT2D eigenvalue weighted by molar-refractivity contribution is 8.01. The number of rotatable bonds is 4. The molecule has 0 atom stereocenters. The van der Waals surface area contributed by atoms with Gasteiger partial charge in [0.15, 0.2) is 5.54 Å². The fraction of sp³-hybridized carbons (Fsp3) is 0.263. The van der Waals surface area contributed by atoms with Crippen molar-refractivity contribution in [2.45, 2.75) is 11.5 Å². The zero-order chi connectivity index (χ0) is 17.4. The molecule has 1 aliphatic heterocycles. The van der Waals surface area contributed by atoms with E-state index in [0.29, 0.717) is 11.5 Å². The van der Waals surface area contributed by atoms with E-state index < -0.39 is 17.6 Å². The first-order valence-corrected chi connectivity index (χ1v) is 9.20. The summed E-state index contributed by atoms with van der Waals surface area (Å²) in [5.41, 5.74) is 3.38. The molecule has 0 radical (unpaired) electrons. The Hall–Kier alpha value is -2.47. The third-order valence-corrected chi connectivity index (χ3v) is 6.19. The number of carboxylic acids is 1. The molecule has 1 saturated heterocycles. The molecule has 1 amide bonds. The molecule has 0 unspecified atom stereocenters. The number of carboxylic acid groups (broad SMARTS) is 1. The number of nitrogens with one attached hydrogen (secondary N) is 1. The number of thioether (sulfide) groups is 1. The molecular weight excluding hydrogens is 338 g/mol. The predicted molar refractivity (Wildman–Crippen MR) is 95.9 cm³/mol. The molecule has 2 N–H and O–H groups in total. The van der Waals surface area contributed by atoms with Crippen molar-refractivity contribution in [1.82, 2.24) is 5.32 Å². The van der Waals surface area contributed by atoms with Gasteiger partial charge in [-0.3, -0.25) is 0 Å². The number of aliphatic carboxylic acids is 1. The zero-order valence-electron chi connectivity index (χ0n) is 13.4. The summed E-state index contributed by atoms with van der Waals surface area (Å²) < 4.78 is 5.40. The van der Waals surface area contributed by atoms with Crippen LogP contribution in [0.3, 0.4) is 0 Å². The van der Waals surface area contributed by atoms with Crippen LogP contribution in [-0.4, -0.2) is 40.8 Å². The summed E-state index contributed by atoms with van der Waals surface area (Å²) in [7, 11) is 0. The van der Waals surface area contributed by atoms with Crippen molar-refractivity contribution < 1.29 is 19.4 Å². The van der Waals surface area contributed by atoms with Gasteiger partial charge in [-0.15, -0.1) is 0 Å². The Morgan fingerprint density at radius 3 is 2.12 bits per heavy atom. The first kappa shape index (κ1) is 16.0. The number of carbonyl (C=O) groups is 2. The van der Waals surface area contributed by atoms with Gasteiger partial charge in [0.25, 0.3) is 0 Å². The number of ether oxygens (including phenoxy) is 1. The molecule has 5 nitrogen and oxygen atoms in total. The Bertz CT molecular complexity index is 801. The van der Waals surface area contributed by atoms with Crippen molar-refractivity contribution in [2.24, 2.45) is 0 Å². The second-order valence-electron chi connectivity index (χ2n) is 6.33. The molecule has 2 aromatic rings. The van der Waals surface area contributed by atoms with Crippen molar-refractivity contribution in [2.75, 3.05) is 18.1 Å². The molecule has 0 bridgehead atoms. The number of alkyl carbamates (subject to hydrolysis) is 1. The van der Waals surface area contributed by atoms with Crippen LogP contribution in [0.15, 0.2) is 48.5 Å². The van der Waals surface area contributed by atoms with Gasteiger partial charge >= 0.3 is 12.1 Å². The summed E-state index contributed by atoms with van der Waals surface area (Å²) in [5, 5.41) is 11.8. The van der Waals surface area contributed by atoms with Gasteiger partial charge in [-0.2, -0.15) is 11.8 Å². The SMILES string of the molecule is O=C(NC1(C(=O)O)CSC1)OCC1c2ccccc2-c2ccccc21. The van der Waals surface area contributed by atoms with Crippen LogP contribution in [0.25, 0.3) is 11.1 Å². The van der Waals surface area contributed by atoms with Crippen LogP contribution in [0.5, 0.6) is 0 Å². The topological polar surface area (TPSA) is 75.6 Å².